The third-order valence-corrected chi connectivity index (χ3v) is 5.34. The number of rotatable bonds is 4. The van der Waals surface area contributed by atoms with Crippen LogP contribution in [0.3, 0.4) is 0 Å². The number of hydrogen-bond donors (Lipinski definition) is 1. The van der Waals surface area contributed by atoms with E-state index in [0.29, 0.717) is 6.61 Å². The number of benzene rings is 1. The molecule has 1 saturated carbocycles. The molecule has 1 heterocycles. The Bertz CT molecular complexity index is 596. The van der Waals surface area contributed by atoms with E-state index in [4.69, 9.17) is 9.47 Å². The van der Waals surface area contributed by atoms with Crippen molar-refractivity contribution in [2.75, 3.05) is 13.2 Å². The van der Waals surface area contributed by atoms with E-state index in [1.165, 1.54) is 12.1 Å². The van der Waals surface area contributed by atoms with Crippen molar-refractivity contribution in [3.05, 3.63) is 30.1 Å². The van der Waals surface area contributed by atoms with Gasteiger partial charge in [-0.05, 0) is 37.1 Å². The van der Waals surface area contributed by atoms with Crippen LogP contribution >= 0.6 is 0 Å². The predicted molar refractivity (Wildman–Crippen MR) is 73.6 cm³/mol. The SMILES string of the molecule is O=S(=O)(NC[C@H]1COC2(CCCC2)O1)c1ccc(F)cc1. The quantitative estimate of drug-likeness (QED) is 0.920. The van der Waals surface area contributed by atoms with Crippen LogP contribution in [0.2, 0.25) is 0 Å². The van der Waals surface area contributed by atoms with E-state index in [1.807, 2.05) is 0 Å². The molecule has 1 spiro atoms. The molecule has 1 aromatic rings. The molecule has 0 unspecified atom stereocenters. The van der Waals surface area contributed by atoms with Crippen molar-refractivity contribution in [1.82, 2.24) is 4.72 Å². The highest BCUT2D eigenvalue weighted by atomic mass is 32.2. The van der Waals surface area contributed by atoms with Crippen molar-refractivity contribution >= 4 is 10.0 Å². The zero-order valence-electron chi connectivity index (χ0n) is 11.5. The largest absolute Gasteiger partial charge is 0.347 e. The van der Waals surface area contributed by atoms with Gasteiger partial charge in [-0.2, -0.15) is 0 Å². The maximum absolute atomic E-state index is 12.8. The summed E-state index contributed by atoms with van der Waals surface area (Å²) in [5.74, 6) is -0.962. The van der Waals surface area contributed by atoms with Gasteiger partial charge in [-0.3, -0.25) is 0 Å². The Kier molecular flexibility index (Phi) is 4.00. The Morgan fingerprint density at radius 3 is 2.57 bits per heavy atom. The van der Waals surface area contributed by atoms with Gasteiger partial charge in [-0.1, -0.05) is 0 Å². The number of sulfonamides is 1. The Morgan fingerprint density at radius 2 is 1.90 bits per heavy atom. The summed E-state index contributed by atoms with van der Waals surface area (Å²) in [4.78, 5) is 0.0402. The van der Waals surface area contributed by atoms with Crippen molar-refractivity contribution < 1.29 is 22.3 Å². The molecular formula is C14H18FNO4S. The molecule has 1 atom stereocenters. The Morgan fingerprint density at radius 1 is 1.24 bits per heavy atom. The molecule has 0 radical (unpaired) electrons. The van der Waals surface area contributed by atoms with E-state index in [9.17, 15) is 12.8 Å². The highest BCUT2D eigenvalue weighted by molar-refractivity contribution is 7.89. The van der Waals surface area contributed by atoms with Gasteiger partial charge in [0.1, 0.15) is 5.82 Å². The molecule has 2 fully saturated rings. The molecule has 1 aliphatic carbocycles. The van der Waals surface area contributed by atoms with E-state index in [1.54, 1.807) is 0 Å². The normalized spacial score (nSPS) is 24.7. The molecule has 116 valence electrons. The van der Waals surface area contributed by atoms with E-state index in [2.05, 4.69) is 4.72 Å². The van der Waals surface area contributed by atoms with Gasteiger partial charge < -0.3 is 9.47 Å². The number of nitrogens with one attached hydrogen (secondary N) is 1. The lowest BCUT2D eigenvalue weighted by atomic mass is 10.2. The van der Waals surface area contributed by atoms with Gasteiger partial charge in [0.15, 0.2) is 5.79 Å². The molecule has 0 amide bonds. The Labute approximate surface area is 123 Å². The van der Waals surface area contributed by atoms with Crippen LogP contribution in [0.15, 0.2) is 29.2 Å². The highest BCUT2D eigenvalue weighted by Gasteiger charge is 2.43. The Hall–Kier alpha value is -1.02. The van der Waals surface area contributed by atoms with Crippen LogP contribution in [0.4, 0.5) is 4.39 Å². The van der Waals surface area contributed by atoms with Crippen LogP contribution < -0.4 is 4.72 Å². The lowest BCUT2D eigenvalue weighted by Crippen LogP contribution is -2.35. The molecule has 1 aromatic carbocycles. The minimum absolute atomic E-state index is 0.0402. The minimum atomic E-state index is -3.65. The number of halogens is 1. The number of ether oxygens (including phenoxy) is 2. The molecule has 0 bridgehead atoms. The van der Waals surface area contributed by atoms with Crippen molar-refractivity contribution in [2.45, 2.75) is 42.5 Å². The molecule has 1 aliphatic heterocycles. The summed E-state index contributed by atoms with van der Waals surface area (Å²) >= 11 is 0. The second kappa shape index (κ2) is 5.64. The summed E-state index contributed by atoms with van der Waals surface area (Å²) in [6.07, 6.45) is 3.61. The van der Waals surface area contributed by atoms with Gasteiger partial charge in [-0.25, -0.2) is 17.5 Å². The predicted octanol–water partition coefficient (Wildman–Crippen LogP) is 1.79. The standard InChI is InChI=1S/C14H18FNO4S/c15-11-3-5-13(6-4-11)21(17,18)16-9-12-10-19-14(20-12)7-1-2-8-14/h3-6,12,16H,1-2,7-10H2/t12-/m0/s1. The van der Waals surface area contributed by atoms with E-state index >= 15 is 0 Å². The zero-order chi connectivity index (χ0) is 14.9. The second-order valence-corrected chi connectivity index (χ2v) is 7.24. The lowest BCUT2D eigenvalue weighted by Gasteiger charge is -2.21. The van der Waals surface area contributed by atoms with Gasteiger partial charge in [0.25, 0.3) is 0 Å². The van der Waals surface area contributed by atoms with Crippen LogP contribution in [-0.2, 0) is 19.5 Å². The summed E-state index contributed by atoms with van der Waals surface area (Å²) in [5, 5.41) is 0. The lowest BCUT2D eigenvalue weighted by molar-refractivity contribution is -0.160. The molecule has 3 rings (SSSR count). The first-order valence-electron chi connectivity index (χ1n) is 7.06. The molecular weight excluding hydrogens is 297 g/mol. The van der Waals surface area contributed by atoms with Crippen molar-refractivity contribution in [1.29, 1.82) is 0 Å². The molecule has 7 heteroatoms. The fourth-order valence-corrected chi connectivity index (χ4v) is 3.86. The van der Waals surface area contributed by atoms with E-state index < -0.39 is 21.6 Å². The third-order valence-electron chi connectivity index (χ3n) is 3.90. The fraction of sp³-hybridized carbons (Fsp3) is 0.571. The van der Waals surface area contributed by atoms with Crippen LogP contribution in [0.1, 0.15) is 25.7 Å². The van der Waals surface area contributed by atoms with Gasteiger partial charge in [0.05, 0.1) is 17.6 Å². The van der Waals surface area contributed by atoms with Crippen LogP contribution in [0.25, 0.3) is 0 Å². The van der Waals surface area contributed by atoms with Gasteiger partial charge >= 0.3 is 0 Å². The van der Waals surface area contributed by atoms with E-state index in [-0.39, 0.29) is 17.5 Å². The topological polar surface area (TPSA) is 64.6 Å². The van der Waals surface area contributed by atoms with Crippen molar-refractivity contribution in [3.63, 3.8) is 0 Å². The minimum Gasteiger partial charge on any atom is -0.347 e. The molecule has 1 saturated heterocycles. The fourth-order valence-electron chi connectivity index (χ4n) is 2.79. The summed E-state index contributed by atoms with van der Waals surface area (Å²) in [6.45, 7) is 0.549. The Balaban J connectivity index is 1.58. The zero-order valence-corrected chi connectivity index (χ0v) is 12.4. The van der Waals surface area contributed by atoms with Crippen molar-refractivity contribution in [3.8, 4) is 0 Å². The summed E-state index contributed by atoms with van der Waals surface area (Å²) < 4.78 is 51.0. The number of hydrogen-bond acceptors (Lipinski definition) is 4. The summed E-state index contributed by atoms with van der Waals surface area (Å²) in [5.41, 5.74) is 0. The van der Waals surface area contributed by atoms with Crippen LogP contribution in [0.5, 0.6) is 0 Å². The van der Waals surface area contributed by atoms with Crippen LogP contribution in [0, 0.1) is 5.82 Å². The van der Waals surface area contributed by atoms with Gasteiger partial charge in [0.2, 0.25) is 10.0 Å². The first-order valence-corrected chi connectivity index (χ1v) is 8.54. The first kappa shape index (κ1) is 14.9. The van der Waals surface area contributed by atoms with Gasteiger partial charge in [0, 0.05) is 19.4 Å². The summed E-state index contributed by atoms with van der Waals surface area (Å²) in [7, 11) is -3.65. The van der Waals surface area contributed by atoms with Gasteiger partial charge in [-0.15, -0.1) is 0 Å². The molecule has 21 heavy (non-hydrogen) atoms. The molecule has 2 aliphatic rings. The average molecular weight is 315 g/mol. The van der Waals surface area contributed by atoms with Crippen molar-refractivity contribution in [2.24, 2.45) is 0 Å². The average Bonchev–Trinajstić information content (AvgIpc) is 3.08. The molecule has 5 nitrogen and oxygen atoms in total. The maximum atomic E-state index is 12.8. The first-order chi connectivity index (χ1) is 9.99. The maximum Gasteiger partial charge on any atom is 0.240 e. The summed E-state index contributed by atoms with van der Waals surface area (Å²) in [6, 6.07) is 4.72. The smallest absolute Gasteiger partial charge is 0.240 e. The monoisotopic (exact) mass is 315 g/mol. The highest BCUT2D eigenvalue weighted by Crippen LogP contribution is 2.39. The molecule has 1 N–H and O–H groups in total. The third kappa shape index (κ3) is 3.26. The van der Waals surface area contributed by atoms with E-state index in [0.717, 1.165) is 37.8 Å². The van der Waals surface area contributed by atoms with Crippen LogP contribution in [-0.4, -0.2) is 33.5 Å². The second-order valence-electron chi connectivity index (χ2n) is 5.47. The molecule has 0 aromatic heterocycles.